The molecule has 8 bridgehead atoms. The molecular weight excluding hydrogens is 1290 g/mol. The van der Waals surface area contributed by atoms with Crippen molar-refractivity contribution >= 4 is 91.6 Å². The molecule has 13 rings (SSSR count). The van der Waals surface area contributed by atoms with Gasteiger partial charge in [-0.25, -0.2) is 49.1 Å². The molecule has 0 aliphatic carbocycles. The van der Waals surface area contributed by atoms with Gasteiger partial charge in [-0.3, -0.25) is 19.2 Å². The number of carbonyl (C=O) groups excluding carboxylic acids is 4. The zero-order valence-electron chi connectivity index (χ0n) is 51.8. The van der Waals surface area contributed by atoms with Crippen LogP contribution < -0.4 is 21.3 Å². The molecule has 8 aromatic carbocycles. The van der Waals surface area contributed by atoms with Crippen LogP contribution in [0.25, 0.3) is 89.7 Å². The quantitative estimate of drug-likeness (QED) is 0.0353. The Kier molecular flexibility index (Phi) is 17.3. The average molecular weight is 1340 g/mol. The average Bonchev–Trinajstić information content (AvgIpc) is 1.60. The number of aliphatic carboxylic acids is 4. The first-order chi connectivity index (χ1) is 48.0. The number of nitrogens with one attached hydrogen (secondary N) is 6. The van der Waals surface area contributed by atoms with Crippen molar-refractivity contribution < 1.29 is 79.2 Å². The lowest BCUT2D eigenvalue weighted by Gasteiger charge is -2.15. The Balaban J connectivity index is 0.995. The maximum absolute atomic E-state index is 14.3. The lowest BCUT2D eigenvalue weighted by Crippen LogP contribution is -2.42. The van der Waals surface area contributed by atoms with Crippen LogP contribution in [-0.4, -0.2) is 152 Å². The van der Waals surface area contributed by atoms with Gasteiger partial charge in [-0.15, -0.1) is 0 Å². The Hall–Kier alpha value is -13.9. The van der Waals surface area contributed by atoms with E-state index in [2.05, 4.69) is 31.2 Å². The number of amides is 4. The van der Waals surface area contributed by atoms with Crippen LogP contribution >= 0.6 is 0 Å². The smallest absolute Gasteiger partial charge is 0.326 e. The maximum atomic E-state index is 14.3. The van der Waals surface area contributed by atoms with E-state index in [1.54, 1.807) is 0 Å². The van der Waals surface area contributed by atoms with Crippen molar-refractivity contribution in [3.05, 3.63) is 214 Å². The largest absolute Gasteiger partial charge is 0.508 e. The first kappa shape index (κ1) is 64.8. The van der Waals surface area contributed by atoms with E-state index in [4.69, 9.17) is 29.9 Å². The summed E-state index contributed by atoms with van der Waals surface area (Å²) < 4.78 is 0. The topological polar surface area (TPSA) is 455 Å². The molecule has 0 spiro atoms. The number of carbonyl (C=O) groups is 8. The number of rotatable bonds is 20. The Morgan fingerprint density at radius 3 is 0.800 bits per heavy atom. The number of phenols is 4. The molecule has 11 aromatic rings. The molecule has 3 aromatic heterocycles. The fourth-order valence-electron chi connectivity index (χ4n) is 11.6. The van der Waals surface area contributed by atoms with Gasteiger partial charge in [-0.1, -0.05) is 48.5 Å². The molecule has 0 saturated carbocycles. The number of benzene rings is 8. The number of phenolic OH excluding ortho intramolecular Hbond substituents is 4. The van der Waals surface area contributed by atoms with Crippen LogP contribution in [0.15, 0.2) is 170 Å². The van der Waals surface area contributed by atoms with Gasteiger partial charge < -0.3 is 72.1 Å². The predicted octanol–water partition coefficient (Wildman–Crippen LogP) is 7.39. The Morgan fingerprint density at radius 2 is 0.530 bits per heavy atom. The van der Waals surface area contributed by atoms with Gasteiger partial charge in [0.2, 0.25) is 0 Å². The summed E-state index contributed by atoms with van der Waals surface area (Å²) in [5.74, 6) is -9.01. The van der Waals surface area contributed by atoms with Crippen LogP contribution in [0.1, 0.15) is 63.7 Å². The summed E-state index contributed by atoms with van der Waals surface area (Å²) >= 11 is 0. The van der Waals surface area contributed by atoms with Crippen molar-refractivity contribution in [2.75, 3.05) is 0 Å². The normalized spacial score (nSPS) is 12.6. The van der Waals surface area contributed by atoms with Crippen LogP contribution in [0.4, 0.5) is 0 Å². The second-order valence-corrected chi connectivity index (χ2v) is 23.6. The third kappa shape index (κ3) is 13.7. The van der Waals surface area contributed by atoms with Gasteiger partial charge >= 0.3 is 23.9 Å². The predicted molar refractivity (Wildman–Crippen MR) is 359 cm³/mol. The van der Waals surface area contributed by atoms with E-state index in [0.29, 0.717) is 33.0 Å². The van der Waals surface area contributed by atoms with E-state index < -0.39 is 71.7 Å². The van der Waals surface area contributed by atoms with Gasteiger partial charge in [0.05, 0.1) is 0 Å². The maximum Gasteiger partial charge on any atom is 0.326 e. The number of aromatic amines is 2. The monoisotopic (exact) mass is 1340 g/mol. The molecule has 14 N–H and O–H groups in total. The molecule has 4 unspecified atom stereocenters. The highest BCUT2D eigenvalue weighted by Gasteiger charge is 2.30. The summed E-state index contributed by atoms with van der Waals surface area (Å²) in [4.78, 5) is 144. The number of carboxylic acids is 4. The standard InChI is InChI=1S/C72H54N12O16/c85-41-13-1-33(2-14-41)25-53(69(93)94)73-65(89)37-9-21-45-49(29-37)61-77-57(45)82-62-51-31-39(67(91)75-55(71(97)98)27-35-5-17-43(87)18-6-35)11-23-47(51)59(79-62)84-64-52-32-40(68(92)76-56(72(99)100)28-36-7-19-44(88)20-8-36)12-24-48(52)60(80-64)83-63-50-30-38(10-22-46(50)58(78-63)81-61)66(90)74-54(70(95)96)26-34-3-15-42(86)16-4-34/h1-24,29-32,53-56,85-88H,25-28H2,(H,73,89)(H,74,90)(H,75,91)(H,76,92)(H,93,94)(H,95,96)(H,97,98)(H,99,100)(H2,77,78,79,80,81,82,83,84). The van der Waals surface area contributed by atoms with Crippen molar-refractivity contribution in [2.24, 2.45) is 0 Å². The fourth-order valence-corrected chi connectivity index (χ4v) is 11.6. The van der Waals surface area contributed by atoms with Crippen LogP contribution in [0.5, 0.6) is 23.0 Å². The summed E-state index contributed by atoms with van der Waals surface area (Å²) in [5.41, 5.74) is 2.96. The van der Waals surface area contributed by atoms with Gasteiger partial charge in [-0.05, 0) is 144 Å². The molecule has 0 fully saturated rings. The Morgan fingerprint density at radius 1 is 0.290 bits per heavy atom. The van der Waals surface area contributed by atoms with Crippen molar-refractivity contribution in [1.29, 1.82) is 0 Å². The third-order valence-corrected chi connectivity index (χ3v) is 16.8. The van der Waals surface area contributed by atoms with Gasteiger partial charge in [0.1, 0.15) is 69.8 Å². The molecule has 4 amide bonds. The second kappa shape index (κ2) is 26.7. The number of carboxylic acid groups (broad SMARTS) is 4. The number of fused-ring (bicyclic) bond motifs is 20. The molecule has 28 nitrogen and oxygen atoms in total. The summed E-state index contributed by atoms with van der Waals surface area (Å²) in [7, 11) is 0. The molecule has 100 heavy (non-hydrogen) atoms. The van der Waals surface area contributed by atoms with Gasteiger partial charge in [0.25, 0.3) is 23.6 Å². The lowest BCUT2D eigenvalue weighted by molar-refractivity contribution is -0.140. The third-order valence-electron chi connectivity index (χ3n) is 16.8. The van der Waals surface area contributed by atoms with Gasteiger partial charge in [0, 0.05) is 91.7 Å². The Labute approximate surface area is 562 Å². The molecule has 2 aliphatic heterocycles. The van der Waals surface area contributed by atoms with E-state index in [-0.39, 0.29) is 150 Å². The highest BCUT2D eigenvalue weighted by atomic mass is 16.4. The first-order valence-electron chi connectivity index (χ1n) is 30.7. The minimum Gasteiger partial charge on any atom is -0.508 e. The number of hydrogen-bond donors (Lipinski definition) is 14. The summed E-state index contributed by atoms with van der Waals surface area (Å²) in [6, 6.07) is 35.0. The van der Waals surface area contributed by atoms with E-state index in [0.717, 1.165) is 0 Å². The zero-order valence-corrected chi connectivity index (χ0v) is 51.8. The minimum atomic E-state index is -1.44. The molecule has 5 heterocycles. The Bertz CT molecular complexity index is 5060. The number of aromatic nitrogens is 8. The second-order valence-electron chi connectivity index (χ2n) is 23.6. The first-order valence-corrected chi connectivity index (χ1v) is 30.7. The van der Waals surface area contributed by atoms with E-state index >= 15 is 0 Å². The van der Waals surface area contributed by atoms with Crippen LogP contribution in [0.2, 0.25) is 0 Å². The van der Waals surface area contributed by atoms with Gasteiger partial charge in [0.15, 0.2) is 23.3 Å². The van der Waals surface area contributed by atoms with Crippen LogP contribution in [0.3, 0.4) is 0 Å². The van der Waals surface area contributed by atoms with E-state index in [1.165, 1.54) is 170 Å². The number of H-pyrrole nitrogens is 2. The summed E-state index contributed by atoms with van der Waals surface area (Å²) in [6.07, 6.45) is -0.619. The number of nitrogens with zero attached hydrogens (tertiary/aromatic N) is 6. The van der Waals surface area contributed by atoms with Crippen molar-refractivity contribution in [1.82, 2.24) is 61.1 Å². The SMILES string of the molecule is O=C(NC(Cc1ccc(O)cc1)C(=O)O)c1ccc2c(c1)-c1nc-2nc2[nH]c(nc3nc(nc4[nH]c(n1)c1ccc(C(=O)NC(Cc5ccc(O)cc5)C(=O)O)cc41)-c1ccc(C(=O)NC(Cc4ccc(O)cc4)C(=O)O)cc1-3)c1ccc(C(=O)NC(Cc3ccc(O)cc3)C(=O)O)cc21. The van der Waals surface area contributed by atoms with E-state index in [9.17, 15) is 79.2 Å². The molecule has 28 heteroatoms. The van der Waals surface area contributed by atoms with Crippen molar-refractivity contribution in [2.45, 2.75) is 49.9 Å². The van der Waals surface area contributed by atoms with Crippen molar-refractivity contribution in [3.8, 4) is 68.5 Å². The van der Waals surface area contributed by atoms with Crippen molar-refractivity contribution in [3.63, 3.8) is 0 Å². The molecule has 0 radical (unpaired) electrons. The molecule has 498 valence electrons. The van der Waals surface area contributed by atoms with E-state index in [1.807, 2.05) is 0 Å². The molecule has 4 atom stereocenters. The summed E-state index contributed by atoms with van der Waals surface area (Å²) in [5, 5.41) is 92.0. The highest BCUT2D eigenvalue weighted by Crippen LogP contribution is 2.39. The summed E-state index contributed by atoms with van der Waals surface area (Å²) in [6.45, 7) is 0. The molecule has 0 saturated heterocycles. The minimum absolute atomic E-state index is 0.0153. The number of aromatic hydroxyl groups is 4. The van der Waals surface area contributed by atoms with Gasteiger partial charge in [-0.2, -0.15) is 0 Å². The van der Waals surface area contributed by atoms with Crippen LogP contribution in [-0.2, 0) is 44.9 Å². The number of hydrogen-bond acceptors (Lipinski definition) is 18. The highest BCUT2D eigenvalue weighted by molar-refractivity contribution is 6.11. The lowest BCUT2D eigenvalue weighted by atomic mass is 10.0. The molecule has 2 aliphatic rings. The zero-order chi connectivity index (χ0) is 70.2. The van der Waals surface area contributed by atoms with Crippen LogP contribution in [0, 0.1) is 0 Å². The molecular formula is C72H54N12O16. The fraction of sp³-hybridized carbons (Fsp3) is 0.111.